The Morgan fingerprint density at radius 3 is 2.23 bits per heavy atom. The fraction of sp³-hybridized carbons (Fsp3) is 0.304. The van der Waals surface area contributed by atoms with Gasteiger partial charge in [-0.05, 0) is 24.5 Å². The fourth-order valence-electron chi connectivity index (χ4n) is 4.03. The Bertz CT molecular complexity index is 1090. The highest BCUT2D eigenvalue weighted by molar-refractivity contribution is 7.91. The van der Waals surface area contributed by atoms with Crippen molar-refractivity contribution < 1.29 is 13.2 Å². The fourth-order valence-corrected chi connectivity index (χ4v) is 5.73. The van der Waals surface area contributed by atoms with Crippen molar-refractivity contribution in [2.24, 2.45) is 0 Å². The number of carbonyl (C=O) groups is 1. The number of hydrogen-bond donors (Lipinski definition) is 1. The van der Waals surface area contributed by atoms with E-state index < -0.39 is 9.84 Å². The summed E-state index contributed by atoms with van der Waals surface area (Å²) < 4.78 is 25.4. The molecule has 3 aromatic rings. The van der Waals surface area contributed by atoms with E-state index in [0.717, 1.165) is 16.8 Å². The molecule has 7 heteroatoms. The van der Waals surface area contributed by atoms with Crippen LogP contribution < -0.4 is 5.32 Å². The third-order valence-electron chi connectivity index (χ3n) is 5.47. The first-order valence-electron chi connectivity index (χ1n) is 10.1. The van der Waals surface area contributed by atoms with Gasteiger partial charge in [0.05, 0.1) is 23.2 Å². The molecule has 1 aliphatic rings. The minimum atomic E-state index is -3.04. The van der Waals surface area contributed by atoms with Crippen LogP contribution in [0.5, 0.6) is 0 Å². The molecule has 1 saturated heterocycles. The SMILES string of the molecule is Cc1cc(NC(=O)CC(c2ccccc2)c2ccccc2)n([C@H]2CCS(=O)(=O)C2)n1. The average molecular weight is 424 g/mol. The van der Waals surface area contributed by atoms with Crippen LogP contribution in [0.25, 0.3) is 0 Å². The van der Waals surface area contributed by atoms with E-state index in [1.54, 1.807) is 10.7 Å². The Kier molecular flexibility index (Phi) is 5.72. The summed E-state index contributed by atoms with van der Waals surface area (Å²) in [5, 5.41) is 7.42. The number of aryl methyl sites for hydroxylation is 1. The quantitative estimate of drug-likeness (QED) is 0.655. The van der Waals surface area contributed by atoms with Gasteiger partial charge in [-0.25, -0.2) is 13.1 Å². The van der Waals surface area contributed by atoms with E-state index in [4.69, 9.17) is 0 Å². The van der Waals surface area contributed by atoms with Crippen molar-refractivity contribution in [1.29, 1.82) is 0 Å². The maximum Gasteiger partial charge on any atom is 0.226 e. The second-order valence-electron chi connectivity index (χ2n) is 7.80. The second-order valence-corrected chi connectivity index (χ2v) is 10.0. The highest BCUT2D eigenvalue weighted by Gasteiger charge is 2.31. The lowest BCUT2D eigenvalue weighted by molar-refractivity contribution is -0.116. The van der Waals surface area contributed by atoms with Gasteiger partial charge in [0, 0.05) is 18.4 Å². The van der Waals surface area contributed by atoms with Crippen molar-refractivity contribution in [3.63, 3.8) is 0 Å². The number of benzene rings is 2. The van der Waals surface area contributed by atoms with Crippen molar-refractivity contribution in [2.75, 3.05) is 16.8 Å². The molecule has 30 heavy (non-hydrogen) atoms. The van der Waals surface area contributed by atoms with Gasteiger partial charge >= 0.3 is 0 Å². The van der Waals surface area contributed by atoms with Crippen LogP contribution in [0.4, 0.5) is 5.82 Å². The molecule has 0 unspecified atom stereocenters. The highest BCUT2D eigenvalue weighted by Crippen LogP contribution is 2.30. The molecule has 0 saturated carbocycles. The molecule has 1 atom stereocenters. The van der Waals surface area contributed by atoms with Crippen molar-refractivity contribution in [1.82, 2.24) is 9.78 Å². The monoisotopic (exact) mass is 423 g/mol. The van der Waals surface area contributed by atoms with Crippen LogP contribution in [0.3, 0.4) is 0 Å². The van der Waals surface area contributed by atoms with Crippen LogP contribution >= 0.6 is 0 Å². The van der Waals surface area contributed by atoms with Gasteiger partial charge in [-0.1, -0.05) is 60.7 Å². The molecule has 0 aliphatic carbocycles. The van der Waals surface area contributed by atoms with Crippen molar-refractivity contribution in [3.05, 3.63) is 83.6 Å². The summed E-state index contributed by atoms with van der Waals surface area (Å²) in [6, 6.07) is 21.5. The Morgan fingerprint density at radius 1 is 1.10 bits per heavy atom. The van der Waals surface area contributed by atoms with Gasteiger partial charge in [0.2, 0.25) is 5.91 Å². The molecule has 1 fully saturated rings. The summed E-state index contributed by atoms with van der Waals surface area (Å²) in [5.41, 5.74) is 2.90. The molecule has 156 valence electrons. The number of sulfone groups is 1. The predicted octanol–water partition coefficient (Wildman–Crippen LogP) is 3.71. The first kappa shape index (κ1) is 20.3. The molecule has 0 bridgehead atoms. The predicted molar refractivity (Wildman–Crippen MR) is 117 cm³/mol. The van der Waals surface area contributed by atoms with Crippen LogP contribution in [-0.4, -0.2) is 35.6 Å². The number of nitrogens with one attached hydrogen (secondary N) is 1. The third-order valence-corrected chi connectivity index (χ3v) is 7.22. The smallest absolute Gasteiger partial charge is 0.226 e. The largest absolute Gasteiger partial charge is 0.311 e. The summed E-state index contributed by atoms with van der Waals surface area (Å²) in [5.74, 6) is 0.577. The molecular weight excluding hydrogens is 398 g/mol. The average Bonchev–Trinajstić information content (AvgIpc) is 3.28. The zero-order valence-corrected chi connectivity index (χ0v) is 17.7. The molecule has 2 heterocycles. The lowest BCUT2D eigenvalue weighted by atomic mass is 9.88. The number of rotatable bonds is 6. The van der Waals surface area contributed by atoms with Crippen LogP contribution in [0.1, 0.15) is 41.6 Å². The van der Waals surface area contributed by atoms with Crippen molar-refractivity contribution >= 4 is 21.6 Å². The van der Waals surface area contributed by atoms with Crippen molar-refractivity contribution in [3.8, 4) is 0 Å². The molecule has 1 aromatic heterocycles. The van der Waals surface area contributed by atoms with Crippen LogP contribution in [-0.2, 0) is 14.6 Å². The van der Waals surface area contributed by atoms with Crippen LogP contribution in [0, 0.1) is 6.92 Å². The maximum atomic E-state index is 13.0. The molecule has 2 aromatic carbocycles. The Balaban J connectivity index is 1.55. The molecule has 4 rings (SSSR count). The minimum absolute atomic E-state index is 0.0631. The van der Waals surface area contributed by atoms with E-state index in [1.165, 1.54) is 0 Å². The molecule has 1 aliphatic heterocycles. The Morgan fingerprint density at radius 2 is 1.70 bits per heavy atom. The highest BCUT2D eigenvalue weighted by atomic mass is 32.2. The number of carbonyl (C=O) groups excluding carboxylic acids is 1. The molecule has 1 amide bonds. The number of nitrogens with zero attached hydrogens (tertiary/aromatic N) is 2. The zero-order valence-electron chi connectivity index (χ0n) is 16.9. The number of hydrogen-bond acceptors (Lipinski definition) is 4. The number of anilines is 1. The number of amides is 1. The standard InChI is InChI=1S/C23H25N3O3S/c1-17-14-22(26(25-17)20-12-13-30(28,29)16-20)24-23(27)15-21(18-8-4-2-5-9-18)19-10-6-3-7-11-19/h2-11,14,20-21H,12-13,15-16H2,1H3,(H,24,27)/t20-/m0/s1. The molecule has 0 spiro atoms. The summed E-state index contributed by atoms with van der Waals surface area (Å²) in [4.78, 5) is 13.0. The lowest BCUT2D eigenvalue weighted by Gasteiger charge is -2.19. The first-order valence-corrected chi connectivity index (χ1v) is 11.9. The van der Waals surface area contributed by atoms with Gasteiger partial charge in [-0.15, -0.1) is 0 Å². The van der Waals surface area contributed by atoms with Gasteiger partial charge in [0.25, 0.3) is 0 Å². The van der Waals surface area contributed by atoms with E-state index in [1.807, 2.05) is 67.6 Å². The van der Waals surface area contributed by atoms with Crippen molar-refractivity contribution in [2.45, 2.75) is 31.7 Å². The molecule has 1 N–H and O–H groups in total. The van der Waals surface area contributed by atoms with E-state index >= 15 is 0 Å². The summed E-state index contributed by atoms with van der Waals surface area (Å²) in [6.45, 7) is 1.84. The Labute approximate surface area is 176 Å². The van der Waals surface area contributed by atoms with Crippen LogP contribution in [0.2, 0.25) is 0 Å². The van der Waals surface area contributed by atoms with Gasteiger partial charge < -0.3 is 5.32 Å². The zero-order chi connectivity index (χ0) is 21.1. The molecule has 6 nitrogen and oxygen atoms in total. The van der Waals surface area contributed by atoms with Crippen LogP contribution in [0.15, 0.2) is 66.7 Å². The Hall–Kier alpha value is -2.93. The maximum absolute atomic E-state index is 13.0. The second kappa shape index (κ2) is 8.44. The molecular formula is C23H25N3O3S. The van der Waals surface area contributed by atoms with Gasteiger partial charge in [-0.2, -0.15) is 5.10 Å². The summed E-state index contributed by atoms with van der Waals surface area (Å²) >= 11 is 0. The third kappa shape index (κ3) is 4.62. The first-order chi connectivity index (χ1) is 14.4. The number of aromatic nitrogens is 2. The van der Waals surface area contributed by atoms with Gasteiger partial charge in [0.15, 0.2) is 9.84 Å². The van der Waals surface area contributed by atoms with E-state index in [2.05, 4.69) is 10.4 Å². The molecule has 0 radical (unpaired) electrons. The normalized spacial score (nSPS) is 17.9. The van der Waals surface area contributed by atoms with E-state index in [-0.39, 0.29) is 35.8 Å². The van der Waals surface area contributed by atoms with Gasteiger partial charge in [-0.3, -0.25) is 4.79 Å². The van der Waals surface area contributed by atoms with E-state index in [0.29, 0.717) is 12.2 Å². The summed E-state index contributed by atoms with van der Waals surface area (Å²) in [6.07, 6.45) is 0.796. The minimum Gasteiger partial charge on any atom is -0.311 e. The topological polar surface area (TPSA) is 81.1 Å². The van der Waals surface area contributed by atoms with E-state index in [9.17, 15) is 13.2 Å². The lowest BCUT2D eigenvalue weighted by Crippen LogP contribution is -2.21. The van der Waals surface area contributed by atoms with Gasteiger partial charge in [0.1, 0.15) is 5.82 Å². The summed E-state index contributed by atoms with van der Waals surface area (Å²) in [7, 11) is -3.04.